The van der Waals surface area contributed by atoms with Crippen molar-refractivity contribution in [2.45, 2.75) is 49.7 Å². The first kappa shape index (κ1) is 20.2. The highest BCUT2D eigenvalue weighted by Crippen LogP contribution is 2.04. The van der Waals surface area contributed by atoms with Gasteiger partial charge in [0.2, 0.25) is 0 Å². The topological polar surface area (TPSA) is 176 Å². The Balaban J connectivity index is 3.74. The van der Waals surface area contributed by atoms with Gasteiger partial charge in [-0.05, 0) is 19.4 Å². The van der Waals surface area contributed by atoms with Crippen LogP contribution in [-0.4, -0.2) is 86.8 Å². The van der Waals surface area contributed by atoms with E-state index in [1.54, 1.807) is 0 Å². The molecule has 0 saturated carbocycles. The summed E-state index contributed by atoms with van der Waals surface area (Å²) in [6.45, 7) is -0.252. The van der Waals surface area contributed by atoms with E-state index in [-0.39, 0.29) is 6.54 Å². The molecule has 0 aromatic rings. The number of aliphatic hydroxyl groups is 5. The highest BCUT2D eigenvalue weighted by Gasteiger charge is 2.29. The van der Waals surface area contributed by atoms with Crippen LogP contribution in [0.5, 0.6) is 0 Å². The maximum Gasteiger partial charge on any atom is 0.320 e. The molecule has 0 spiro atoms. The summed E-state index contributed by atoms with van der Waals surface area (Å²) >= 11 is 0. The molecular weight excluding hydrogens is 284 g/mol. The minimum atomic E-state index is -1.64. The van der Waals surface area contributed by atoms with Gasteiger partial charge in [-0.1, -0.05) is 6.42 Å². The lowest BCUT2D eigenvalue weighted by molar-refractivity contribution is -0.138. The summed E-state index contributed by atoms with van der Waals surface area (Å²) in [6, 6.07) is -0.882. The Morgan fingerprint density at radius 3 is 2.14 bits per heavy atom. The van der Waals surface area contributed by atoms with E-state index in [1.807, 2.05) is 0 Å². The summed E-state index contributed by atoms with van der Waals surface area (Å²) in [5.41, 5.74) is 5.33. The standard InChI is InChI=1S/C12H26N2O7/c13-7(12(20)21)3-1-2-4-14-5-8(16)10(18)11(19)9(17)6-15/h7-11,14-19H,1-6,13H2,(H,20,21)/t7-,8-,9+,10+,11-/m0/s1. The summed E-state index contributed by atoms with van der Waals surface area (Å²) < 4.78 is 0. The van der Waals surface area contributed by atoms with Gasteiger partial charge in [-0.3, -0.25) is 4.79 Å². The van der Waals surface area contributed by atoms with Gasteiger partial charge in [0.05, 0.1) is 12.7 Å². The highest BCUT2D eigenvalue weighted by atomic mass is 16.4. The van der Waals surface area contributed by atoms with Gasteiger partial charge in [0.25, 0.3) is 0 Å². The van der Waals surface area contributed by atoms with E-state index in [1.165, 1.54) is 0 Å². The van der Waals surface area contributed by atoms with Gasteiger partial charge >= 0.3 is 5.97 Å². The van der Waals surface area contributed by atoms with E-state index in [4.69, 9.17) is 21.1 Å². The van der Waals surface area contributed by atoms with E-state index in [0.29, 0.717) is 25.8 Å². The second-order valence-electron chi connectivity index (χ2n) is 4.94. The molecule has 0 aliphatic carbocycles. The molecule has 0 aromatic heterocycles. The van der Waals surface area contributed by atoms with Gasteiger partial charge in [0.1, 0.15) is 24.4 Å². The molecule has 0 aliphatic rings. The Morgan fingerprint density at radius 1 is 1.05 bits per heavy atom. The summed E-state index contributed by atoms with van der Waals surface area (Å²) in [4.78, 5) is 10.5. The lowest BCUT2D eigenvalue weighted by Gasteiger charge is -2.25. The number of hydrogen-bond acceptors (Lipinski definition) is 8. The van der Waals surface area contributed by atoms with Gasteiger partial charge < -0.3 is 41.7 Å². The zero-order valence-electron chi connectivity index (χ0n) is 11.8. The third-order valence-corrected chi connectivity index (χ3v) is 3.11. The Bertz CT molecular complexity index is 293. The summed E-state index contributed by atoms with van der Waals surface area (Å²) in [6.07, 6.45) is -4.45. The Hall–Kier alpha value is -0.810. The SMILES string of the molecule is N[C@@H](CCCCNC[C@H](O)[C@@H](O)[C@@H](O)[C@H](O)CO)C(=O)O. The third kappa shape index (κ3) is 8.27. The van der Waals surface area contributed by atoms with Crippen molar-refractivity contribution in [3.05, 3.63) is 0 Å². The number of nitrogens with one attached hydrogen (secondary N) is 1. The number of aliphatic hydroxyl groups excluding tert-OH is 5. The van der Waals surface area contributed by atoms with E-state index in [9.17, 15) is 20.1 Å². The van der Waals surface area contributed by atoms with Crippen molar-refractivity contribution < 1.29 is 35.4 Å². The fraction of sp³-hybridized carbons (Fsp3) is 0.917. The predicted molar refractivity (Wildman–Crippen MR) is 73.4 cm³/mol. The Kier molecular flexibility index (Phi) is 10.4. The van der Waals surface area contributed by atoms with Crippen molar-refractivity contribution >= 4 is 5.97 Å². The maximum absolute atomic E-state index is 10.5. The van der Waals surface area contributed by atoms with E-state index in [2.05, 4.69) is 5.32 Å². The Morgan fingerprint density at radius 2 is 1.62 bits per heavy atom. The molecule has 0 amide bonds. The van der Waals surface area contributed by atoms with Crippen molar-refractivity contribution in [3.8, 4) is 0 Å². The first-order valence-corrected chi connectivity index (χ1v) is 6.83. The molecule has 9 N–H and O–H groups in total. The molecule has 0 radical (unpaired) electrons. The van der Waals surface area contributed by atoms with Gasteiger partial charge in [-0.15, -0.1) is 0 Å². The van der Waals surface area contributed by atoms with Gasteiger partial charge in [-0.25, -0.2) is 0 Å². The van der Waals surface area contributed by atoms with Crippen LogP contribution in [0.25, 0.3) is 0 Å². The number of carboxylic acids is 1. The molecule has 9 heteroatoms. The fourth-order valence-electron chi connectivity index (χ4n) is 1.67. The van der Waals surface area contributed by atoms with Crippen molar-refractivity contribution in [1.82, 2.24) is 5.32 Å². The number of unbranched alkanes of at least 4 members (excludes halogenated alkanes) is 1. The zero-order valence-corrected chi connectivity index (χ0v) is 11.8. The lowest BCUT2D eigenvalue weighted by atomic mass is 10.0. The second-order valence-corrected chi connectivity index (χ2v) is 4.94. The molecule has 0 unspecified atom stereocenters. The van der Waals surface area contributed by atoms with Crippen LogP contribution in [0.2, 0.25) is 0 Å². The number of rotatable bonds is 12. The van der Waals surface area contributed by atoms with Gasteiger partial charge in [0, 0.05) is 6.54 Å². The molecule has 0 aliphatic heterocycles. The van der Waals surface area contributed by atoms with Crippen LogP contribution >= 0.6 is 0 Å². The average Bonchev–Trinajstić information content (AvgIpc) is 2.47. The van der Waals surface area contributed by atoms with Crippen LogP contribution in [0.1, 0.15) is 19.3 Å². The lowest BCUT2D eigenvalue weighted by Crippen LogP contribution is -2.49. The molecule has 126 valence electrons. The molecule has 0 saturated heterocycles. The number of nitrogens with two attached hydrogens (primary N) is 1. The van der Waals surface area contributed by atoms with E-state index >= 15 is 0 Å². The third-order valence-electron chi connectivity index (χ3n) is 3.11. The van der Waals surface area contributed by atoms with Crippen LogP contribution in [0.3, 0.4) is 0 Å². The molecule has 9 nitrogen and oxygen atoms in total. The predicted octanol–water partition coefficient (Wildman–Crippen LogP) is -3.41. The summed E-state index contributed by atoms with van der Waals surface area (Å²) in [5.74, 6) is -1.04. The van der Waals surface area contributed by atoms with E-state index in [0.717, 1.165) is 0 Å². The molecule has 0 bridgehead atoms. The molecule has 0 heterocycles. The number of carbonyl (C=O) groups is 1. The Labute approximate surface area is 123 Å². The summed E-state index contributed by atoms with van der Waals surface area (Å²) in [7, 11) is 0. The molecule has 0 rings (SSSR count). The maximum atomic E-state index is 10.5. The van der Waals surface area contributed by atoms with Crippen LogP contribution in [-0.2, 0) is 4.79 Å². The zero-order chi connectivity index (χ0) is 16.4. The fourth-order valence-corrected chi connectivity index (χ4v) is 1.67. The van der Waals surface area contributed by atoms with Crippen molar-refractivity contribution in [1.29, 1.82) is 0 Å². The highest BCUT2D eigenvalue weighted by molar-refractivity contribution is 5.72. The molecular formula is C12H26N2O7. The van der Waals surface area contributed by atoms with Gasteiger partial charge in [0.15, 0.2) is 0 Å². The van der Waals surface area contributed by atoms with Crippen LogP contribution in [0.15, 0.2) is 0 Å². The first-order chi connectivity index (χ1) is 9.81. The van der Waals surface area contributed by atoms with Gasteiger partial charge in [-0.2, -0.15) is 0 Å². The second kappa shape index (κ2) is 10.9. The molecule has 5 atom stereocenters. The number of aliphatic carboxylic acids is 1. The molecule has 21 heavy (non-hydrogen) atoms. The minimum Gasteiger partial charge on any atom is -0.480 e. The minimum absolute atomic E-state index is 0.0125. The number of carboxylic acid groups (broad SMARTS) is 1. The first-order valence-electron chi connectivity index (χ1n) is 6.83. The molecule has 0 fully saturated rings. The van der Waals surface area contributed by atoms with Crippen LogP contribution in [0.4, 0.5) is 0 Å². The van der Waals surface area contributed by atoms with Crippen LogP contribution < -0.4 is 11.1 Å². The normalized spacial score (nSPS) is 18.8. The van der Waals surface area contributed by atoms with Crippen molar-refractivity contribution in [3.63, 3.8) is 0 Å². The average molecular weight is 310 g/mol. The van der Waals surface area contributed by atoms with Crippen molar-refractivity contribution in [2.75, 3.05) is 19.7 Å². The van der Waals surface area contributed by atoms with Crippen LogP contribution in [0, 0.1) is 0 Å². The quantitative estimate of drug-likeness (QED) is 0.171. The van der Waals surface area contributed by atoms with Crippen molar-refractivity contribution in [2.24, 2.45) is 5.73 Å². The molecule has 0 aromatic carbocycles. The smallest absolute Gasteiger partial charge is 0.320 e. The monoisotopic (exact) mass is 310 g/mol. The summed E-state index contributed by atoms with van der Waals surface area (Å²) in [5, 5.41) is 57.7. The largest absolute Gasteiger partial charge is 0.480 e. The van der Waals surface area contributed by atoms with E-state index < -0.39 is 43.0 Å². The number of hydrogen-bond donors (Lipinski definition) is 8.